The zero-order valence-electron chi connectivity index (χ0n) is 13.8. The second-order valence-electron chi connectivity index (χ2n) is 5.34. The molecule has 0 bridgehead atoms. The van der Waals surface area contributed by atoms with Crippen molar-refractivity contribution in [2.24, 2.45) is 0 Å². The van der Waals surface area contributed by atoms with Crippen molar-refractivity contribution in [3.05, 3.63) is 52.5 Å². The topological polar surface area (TPSA) is 67.4 Å². The molecular formula is C18H19ClN2O3. The predicted molar refractivity (Wildman–Crippen MR) is 96.3 cm³/mol. The third-order valence-electron chi connectivity index (χ3n) is 3.47. The van der Waals surface area contributed by atoms with Crippen LogP contribution in [0.1, 0.15) is 22.8 Å². The largest absolute Gasteiger partial charge is 0.495 e. The number of carbonyl (C=O) groups is 2. The molecular weight excluding hydrogens is 328 g/mol. The summed E-state index contributed by atoms with van der Waals surface area (Å²) in [4.78, 5) is 23.5. The minimum atomic E-state index is -0.231. The normalized spacial score (nSPS) is 10.2. The first-order valence-electron chi connectivity index (χ1n) is 7.39. The van der Waals surface area contributed by atoms with Crippen molar-refractivity contribution < 1.29 is 14.3 Å². The maximum Gasteiger partial charge on any atom is 0.243 e. The Balaban J connectivity index is 2.02. The Labute approximate surface area is 146 Å². The van der Waals surface area contributed by atoms with Crippen molar-refractivity contribution in [3.8, 4) is 5.75 Å². The zero-order chi connectivity index (χ0) is 17.7. The number of benzene rings is 2. The van der Waals surface area contributed by atoms with E-state index >= 15 is 0 Å². The molecule has 0 aliphatic carbocycles. The summed E-state index contributed by atoms with van der Waals surface area (Å²) in [7, 11) is 1.54. The van der Waals surface area contributed by atoms with Gasteiger partial charge in [0.2, 0.25) is 5.91 Å². The summed E-state index contributed by atoms with van der Waals surface area (Å²) in [5, 5.41) is 6.38. The third kappa shape index (κ3) is 4.49. The van der Waals surface area contributed by atoms with E-state index in [4.69, 9.17) is 16.3 Å². The predicted octanol–water partition coefficient (Wildman–Crippen LogP) is 3.91. The molecule has 1 amide bonds. The zero-order valence-corrected chi connectivity index (χ0v) is 14.5. The van der Waals surface area contributed by atoms with Gasteiger partial charge in [-0.2, -0.15) is 0 Å². The molecule has 2 N–H and O–H groups in total. The first-order chi connectivity index (χ1) is 11.4. The van der Waals surface area contributed by atoms with Crippen molar-refractivity contribution >= 4 is 34.7 Å². The average Bonchev–Trinajstić information content (AvgIpc) is 2.55. The maximum atomic E-state index is 12.1. The van der Waals surface area contributed by atoms with Crippen LogP contribution < -0.4 is 15.4 Å². The summed E-state index contributed by atoms with van der Waals surface area (Å²) in [6, 6.07) is 10.3. The van der Waals surface area contributed by atoms with E-state index in [0.29, 0.717) is 27.7 Å². The number of aryl methyl sites for hydroxylation is 1. The molecule has 2 rings (SSSR count). The summed E-state index contributed by atoms with van der Waals surface area (Å²) in [5.74, 6) is 0.285. The van der Waals surface area contributed by atoms with E-state index in [1.165, 1.54) is 6.92 Å². The van der Waals surface area contributed by atoms with E-state index in [2.05, 4.69) is 10.6 Å². The average molecular weight is 347 g/mol. The van der Waals surface area contributed by atoms with Crippen molar-refractivity contribution in [1.29, 1.82) is 0 Å². The Hall–Kier alpha value is -2.53. The molecule has 0 radical (unpaired) electrons. The minimum Gasteiger partial charge on any atom is -0.495 e. The number of anilines is 2. The van der Waals surface area contributed by atoms with Crippen LogP contribution in [0.2, 0.25) is 5.02 Å². The van der Waals surface area contributed by atoms with Crippen LogP contribution in [0.15, 0.2) is 36.4 Å². The molecule has 0 fully saturated rings. The van der Waals surface area contributed by atoms with Crippen LogP contribution >= 0.6 is 11.6 Å². The number of nitrogens with one attached hydrogen (secondary N) is 2. The van der Waals surface area contributed by atoms with Crippen LogP contribution in [0.3, 0.4) is 0 Å². The number of rotatable bonds is 6. The first-order valence-corrected chi connectivity index (χ1v) is 7.77. The van der Waals surface area contributed by atoms with Gasteiger partial charge in [-0.15, -0.1) is 0 Å². The molecule has 0 saturated carbocycles. The van der Waals surface area contributed by atoms with Gasteiger partial charge in [0.25, 0.3) is 0 Å². The third-order valence-corrected chi connectivity index (χ3v) is 3.88. The molecule has 0 aromatic heterocycles. The second-order valence-corrected chi connectivity index (χ2v) is 5.75. The van der Waals surface area contributed by atoms with Crippen LogP contribution in [0.5, 0.6) is 5.75 Å². The Kier molecular flexibility index (Phi) is 5.82. The molecule has 0 aliphatic rings. The molecule has 0 atom stereocenters. The molecule has 0 heterocycles. The van der Waals surface area contributed by atoms with Gasteiger partial charge in [-0.1, -0.05) is 23.7 Å². The van der Waals surface area contributed by atoms with Crippen LogP contribution in [-0.2, 0) is 4.79 Å². The van der Waals surface area contributed by atoms with E-state index in [1.54, 1.807) is 37.4 Å². The van der Waals surface area contributed by atoms with Gasteiger partial charge in [0.05, 0.1) is 19.3 Å². The van der Waals surface area contributed by atoms with Crippen molar-refractivity contribution in [2.45, 2.75) is 13.8 Å². The van der Waals surface area contributed by atoms with Gasteiger partial charge < -0.3 is 15.4 Å². The van der Waals surface area contributed by atoms with Crippen LogP contribution in [0.4, 0.5) is 11.4 Å². The van der Waals surface area contributed by atoms with Crippen molar-refractivity contribution in [3.63, 3.8) is 0 Å². The van der Waals surface area contributed by atoms with E-state index in [9.17, 15) is 9.59 Å². The molecule has 6 heteroatoms. The second kappa shape index (κ2) is 7.84. The lowest BCUT2D eigenvalue weighted by atomic mass is 10.1. The lowest BCUT2D eigenvalue weighted by Gasteiger charge is -2.13. The number of hydrogen-bond donors (Lipinski definition) is 2. The van der Waals surface area contributed by atoms with Gasteiger partial charge in [-0.3, -0.25) is 9.59 Å². The first kappa shape index (κ1) is 17.8. The van der Waals surface area contributed by atoms with Gasteiger partial charge in [0.1, 0.15) is 5.75 Å². The standard InChI is InChI=1S/C18H19ClN2O3/c1-11-7-16(17(24-3)9-15(11)19)20-10-18(23)21-14-6-4-5-13(8-14)12(2)22/h4-9,20H,10H2,1-3H3,(H,21,23). The molecule has 0 spiro atoms. The highest BCUT2D eigenvalue weighted by atomic mass is 35.5. The van der Waals surface area contributed by atoms with Crippen molar-refractivity contribution in [1.82, 2.24) is 0 Å². The number of ether oxygens (including phenoxy) is 1. The SMILES string of the molecule is COc1cc(Cl)c(C)cc1NCC(=O)Nc1cccc(C(C)=O)c1. The summed E-state index contributed by atoms with van der Waals surface area (Å²) in [6.45, 7) is 3.42. The van der Waals surface area contributed by atoms with Crippen molar-refractivity contribution in [2.75, 3.05) is 24.3 Å². The fraction of sp³-hybridized carbons (Fsp3) is 0.222. The lowest BCUT2D eigenvalue weighted by Crippen LogP contribution is -2.22. The fourth-order valence-corrected chi connectivity index (χ4v) is 2.32. The highest BCUT2D eigenvalue weighted by Crippen LogP contribution is 2.30. The molecule has 2 aromatic carbocycles. The number of carbonyl (C=O) groups excluding carboxylic acids is 2. The van der Waals surface area contributed by atoms with Gasteiger partial charge in [-0.05, 0) is 37.6 Å². The number of methoxy groups -OCH3 is 1. The molecule has 5 nitrogen and oxygen atoms in total. The summed E-state index contributed by atoms with van der Waals surface area (Å²) >= 11 is 6.06. The minimum absolute atomic E-state index is 0.0504. The Morgan fingerprint density at radius 1 is 1.21 bits per heavy atom. The van der Waals surface area contributed by atoms with Crippen LogP contribution in [0.25, 0.3) is 0 Å². The van der Waals surface area contributed by atoms with Gasteiger partial charge >= 0.3 is 0 Å². The van der Waals surface area contributed by atoms with Gasteiger partial charge in [0, 0.05) is 22.3 Å². The van der Waals surface area contributed by atoms with Gasteiger partial charge in [0.15, 0.2) is 5.78 Å². The molecule has 0 unspecified atom stereocenters. The van der Waals surface area contributed by atoms with Crippen LogP contribution in [0, 0.1) is 6.92 Å². The fourth-order valence-electron chi connectivity index (χ4n) is 2.17. The highest BCUT2D eigenvalue weighted by Gasteiger charge is 2.09. The molecule has 0 aliphatic heterocycles. The maximum absolute atomic E-state index is 12.1. The summed E-state index contributed by atoms with van der Waals surface area (Å²) in [5.41, 5.74) is 2.70. The lowest BCUT2D eigenvalue weighted by molar-refractivity contribution is -0.114. The number of amides is 1. The molecule has 24 heavy (non-hydrogen) atoms. The number of halogens is 1. The summed E-state index contributed by atoms with van der Waals surface area (Å²) < 4.78 is 5.26. The number of Topliss-reactive ketones (excluding diaryl/α,β-unsaturated/α-hetero) is 1. The molecule has 2 aromatic rings. The molecule has 126 valence electrons. The Morgan fingerprint density at radius 2 is 1.96 bits per heavy atom. The quantitative estimate of drug-likeness (QED) is 0.778. The van der Waals surface area contributed by atoms with E-state index < -0.39 is 0 Å². The number of ketones is 1. The molecule has 0 saturated heterocycles. The van der Waals surface area contributed by atoms with Crippen LogP contribution in [-0.4, -0.2) is 25.3 Å². The summed E-state index contributed by atoms with van der Waals surface area (Å²) in [6.07, 6.45) is 0. The number of hydrogen-bond acceptors (Lipinski definition) is 4. The smallest absolute Gasteiger partial charge is 0.243 e. The van der Waals surface area contributed by atoms with Gasteiger partial charge in [-0.25, -0.2) is 0 Å². The van der Waals surface area contributed by atoms with E-state index in [-0.39, 0.29) is 18.2 Å². The Morgan fingerprint density at radius 3 is 2.62 bits per heavy atom. The van der Waals surface area contributed by atoms with E-state index in [0.717, 1.165) is 5.56 Å². The van der Waals surface area contributed by atoms with E-state index in [1.807, 2.05) is 13.0 Å². The highest BCUT2D eigenvalue weighted by molar-refractivity contribution is 6.31. The monoisotopic (exact) mass is 346 g/mol. The Bertz CT molecular complexity index is 775.